The topological polar surface area (TPSA) is 35.0 Å². The van der Waals surface area contributed by atoms with Crippen LogP contribution < -0.4 is 4.74 Å². The molecule has 0 bridgehead atoms. The first-order valence-electron chi connectivity index (χ1n) is 5.36. The maximum absolute atomic E-state index is 5.76. The molecule has 1 heterocycles. The van der Waals surface area contributed by atoms with Gasteiger partial charge in [-0.05, 0) is 30.7 Å². The summed E-state index contributed by atoms with van der Waals surface area (Å²) in [5.74, 6) is 0.545. The normalized spacial score (nSPS) is 9.50. The number of rotatable bonds is 2. The summed E-state index contributed by atoms with van der Waals surface area (Å²) < 4.78 is 5.36. The van der Waals surface area contributed by atoms with Crippen LogP contribution in [0.25, 0.3) is 10.9 Å². The van der Waals surface area contributed by atoms with Crippen molar-refractivity contribution in [3.63, 3.8) is 0 Å². The van der Waals surface area contributed by atoms with Gasteiger partial charge < -0.3 is 4.74 Å². The van der Waals surface area contributed by atoms with Crippen molar-refractivity contribution in [3.8, 4) is 5.88 Å². The van der Waals surface area contributed by atoms with E-state index in [-0.39, 0.29) is 5.28 Å². The molecule has 0 radical (unpaired) electrons. The van der Waals surface area contributed by atoms with Crippen LogP contribution in [0.1, 0.15) is 20.8 Å². The lowest BCUT2D eigenvalue weighted by molar-refractivity contribution is 0.331. The van der Waals surface area contributed by atoms with E-state index in [4.69, 9.17) is 16.3 Å². The van der Waals surface area contributed by atoms with Gasteiger partial charge in [-0.25, -0.2) is 4.98 Å². The van der Waals surface area contributed by atoms with Gasteiger partial charge in [0.05, 0.1) is 17.5 Å². The van der Waals surface area contributed by atoms with Crippen molar-refractivity contribution in [1.82, 2.24) is 9.97 Å². The molecule has 0 amide bonds. The van der Waals surface area contributed by atoms with E-state index in [1.165, 1.54) is 0 Å². The number of hydrogen-bond donors (Lipinski definition) is 0. The van der Waals surface area contributed by atoms with Gasteiger partial charge in [0.2, 0.25) is 11.2 Å². The van der Waals surface area contributed by atoms with E-state index in [1.54, 1.807) is 0 Å². The third-order valence-electron chi connectivity index (χ3n) is 1.82. The zero-order valence-electron chi connectivity index (χ0n) is 9.70. The third kappa shape index (κ3) is 2.83. The van der Waals surface area contributed by atoms with Crippen LogP contribution >= 0.6 is 11.6 Å². The summed E-state index contributed by atoms with van der Waals surface area (Å²) in [6, 6.07) is 7.62. The lowest BCUT2D eigenvalue weighted by Crippen LogP contribution is -1.97. The van der Waals surface area contributed by atoms with Gasteiger partial charge in [-0.1, -0.05) is 26.0 Å². The lowest BCUT2D eigenvalue weighted by atomic mass is 10.2. The summed E-state index contributed by atoms with van der Waals surface area (Å²) in [5.41, 5.74) is 0.802. The van der Waals surface area contributed by atoms with E-state index in [9.17, 15) is 0 Å². The Kier molecular flexibility index (Phi) is 4.99. The molecule has 0 aliphatic heterocycles. The van der Waals surface area contributed by atoms with Crippen LogP contribution in [0.4, 0.5) is 0 Å². The fourth-order valence-corrected chi connectivity index (χ4v) is 1.43. The summed E-state index contributed by atoms with van der Waals surface area (Å²) in [5, 5.41) is 1.10. The molecule has 0 unspecified atom stereocenters. The predicted octanol–water partition coefficient (Wildman–Crippen LogP) is 3.71. The highest BCUT2D eigenvalue weighted by Gasteiger charge is 2.05. The number of ether oxygens (including phenoxy) is 1. The number of aromatic nitrogens is 2. The van der Waals surface area contributed by atoms with Crippen molar-refractivity contribution in [3.05, 3.63) is 29.5 Å². The molecule has 1 aromatic carbocycles. The fraction of sp³-hybridized carbons (Fsp3) is 0.333. The van der Waals surface area contributed by atoms with Crippen molar-refractivity contribution in [2.75, 3.05) is 6.61 Å². The Morgan fingerprint density at radius 3 is 2.56 bits per heavy atom. The van der Waals surface area contributed by atoms with Gasteiger partial charge in [-0.3, -0.25) is 0 Å². The SMILES string of the molecule is CC.CCOc1nc(Cl)nc2ccccc12. The average Bonchev–Trinajstić information content (AvgIpc) is 2.32. The second-order valence-electron chi connectivity index (χ2n) is 2.75. The van der Waals surface area contributed by atoms with Crippen LogP contribution in [0.3, 0.4) is 0 Å². The molecule has 0 aliphatic rings. The van der Waals surface area contributed by atoms with Crippen LogP contribution in [0, 0.1) is 0 Å². The monoisotopic (exact) mass is 238 g/mol. The zero-order chi connectivity index (χ0) is 12.0. The number of para-hydroxylation sites is 1. The standard InChI is InChI=1S/C10H9ClN2O.C2H6/c1-2-14-9-7-5-3-4-6-8(7)12-10(11)13-9;1-2/h3-6H,2H2,1H3;1-2H3. The third-order valence-corrected chi connectivity index (χ3v) is 1.99. The van der Waals surface area contributed by atoms with Crippen LogP contribution in [-0.4, -0.2) is 16.6 Å². The number of hydrogen-bond acceptors (Lipinski definition) is 3. The van der Waals surface area contributed by atoms with Gasteiger partial charge >= 0.3 is 0 Å². The second-order valence-corrected chi connectivity index (χ2v) is 3.09. The Balaban J connectivity index is 0.000000606. The highest BCUT2D eigenvalue weighted by molar-refractivity contribution is 6.28. The lowest BCUT2D eigenvalue weighted by Gasteiger charge is -2.05. The van der Waals surface area contributed by atoms with E-state index >= 15 is 0 Å². The predicted molar refractivity (Wildman–Crippen MR) is 67.1 cm³/mol. The van der Waals surface area contributed by atoms with Crippen molar-refractivity contribution < 1.29 is 4.74 Å². The van der Waals surface area contributed by atoms with Crippen LogP contribution in [0.5, 0.6) is 5.88 Å². The Bertz CT molecular complexity index is 460. The Morgan fingerprint density at radius 2 is 1.88 bits per heavy atom. The average molecular weight is 239 g/mol. The molecule has 86 valence electrons. The summed E-state index contributed by atoms with van der Waals surface area (Å²) in [6.45, 7) is 6.47. The molecule has 3 nitrogen and oxygen atoms in total. The van der Waals surface area contributed by atoms with Crippen LogP contribution in [0.15, 0.2) is 24.3 Å². The van der Waals surface area contributed by atoms with Crippen molar-refractivity contribution >= 4 is 22.5 Å². The second kappa shape index (κ2) is 6.28. The molecule has 2 rings (SSSR count). The molecule has 0 saturated heterocycles. The smallest absolute Gasteiger partial charge is 0.226 e. The van der Waals surface area contributed by atoms with Crippen molar-refractivity contribution in [2.45, 2.75) is 20.8 Å². The minimum absolute atomic E-state index is 0.215. The molecule has 0 spiro atoms. The van der Waals surface area contributed by atoms with Gasteiger partial charge in [0.1, 0.15) is 0 Å². The molecule has 16 heavy (non-hydrogen) atoms. The van der Waals surface area contributed by atoms with E-state index < -0.39 is 0 Å². The van der Waals surface area contributed by atoms with E-state index in [2.05, 4.69) is 9.97 Å². The van der Waals surface area contributed by atoms with Gasteiger partial charge in [0.15, 0.2) is 0 Å². The zero-order valence-corrected chi connectivity index (χ0v) is 10.5. The Hall–Kier alpha value is -1.35. The molecular formula is C12H15ClN2O. The fourth-order valence-electron chi connectivity index (χ4n) is 1.27. The van der Waals surface area contributed by atoms with Gasteiger partial charge in [0, 0.05) is 0 Å². The first kappa shape index (κ1) is 12.7. The summed E-state index contributed by atoms with van der Waals surface area (Å²) in [4.78, 5) is 8.12. The quantitative estimate of drug-likeness (QED) is 0.749. The first-order chi connectivity index (χ1) is 7.81. The van der Waals surface area contributed by atoms with Crippen LogP contribution in [0.2, 0.25) is 5.28 Å². The number of nitrogens with zero attached hydrogens (tertiary/aromatic N) is 2. The summed E-state index contributed by atoms with van der Waals surface area (Å²) in [7, 11) is 0. The highest BCUT2D eigenvalue weighted by atomic mass is 35.5. The van der Waals surface area contributed by atoms with Crippen molar-refractivity contribution in [2.24, 2.45) is 0 Å². The van der Waals surface area contributed by atoms with E-state index in [1.807, 2.05) is 45.0 Å². The molecule has 0 aliphatic carbocycles. The minimum Gasteiger partial charge on any atom is -0.477 e. The minimum atomic E-state index is 0.215. The molecule has 2 aromatic rings. The van der Waals surface area contributed by atoms with Crippen molar-refractivity contribution in [1.29, 1.82) is 0 Å². The van der Waals surface area contributed by atoms with Gasteiger partial charge in [-0.15, -0.1) is 0 Å². The molecule has 0 N–H and O–H groups in total. The van der Waals surface area contributed by atoms with E-state index in [0.29, 0.717) is 12.5 Å². The number of halogens is 1. The maximum Gasteiger partial charge on any atom is 0.226 e. The molecule has 0 atom stereocenters. The Labute approximate surface area is 100 Å². The summed E-state index contributed by atoms with van der Waals surface area (Å²) >= 11 is 5.76. The molecule has 1 aromatic heterocycles. The van der Waals surface area contributed by atoms with Gasteiger partial charge in [-0.2, -0.15) is 4.98 Å². The molecule has 4 heteroatoms. The van der Waals surface area contributed by atoms with Crippen LogP contribution in [-0.2, 0) is 0 Å². The number of fused-ring (bicyclic) bond motifs is 1. The van der Waals surface area contributed by atoms with E-state index in [0.717, 1.165) is 10.9 Å². The Morgan fingerprint density at radius 1 is 1.19 bits per heavy atom. The number of benzene rings is 1. The highest BCUT2D eigenvalue weighted by Crippen LogP contribution is 2.23. The maximum atomic E-state index is 5.76. The largest absolute Gasteiger partial charge is 0.477 e. The molecule has 0 saturated carbocycles. The summed E-state index contributed by atoms with van der Waals surface area (Å²) in [6.07, 6.45) is 0. The molecule has 0 fully saturated rings. The first-order valence-corrected chi connectivity index (χ1v) is 5.74. The molecular weight excluding hydrogens is 224 g/mol. The van der Waals surface area contributed by atoms with Gasteiger partial charge in [0.25, 0.3) is 0 Å².